The lowest BCUT2D eigenvalue weighted by molar-refractivity contribution is -0.146. The van der Waals surface area contributed by atoms with E-state index in [1.807, 2.05) is 12.2 Å². The van der Waals surface area contributed by atoms with Crippen molar-refractivity contribution in [2.75, 3.05) is 17.7 Å². The third kappa shape index (κ3) is 3.78. The minimum atomic E-state index is -0.928. The van der Waals surface area contributed by atoms with Gasteiger partial charge in [0.15, 0.2) is 0 Å². The molecule has 0 radical (unpaired) electrons. The highest BCUT2D eigenvalue weighted by molar-refractivity contribution is 6.04. The maximum absolute atomic E-state index is 12.7. The minimum Gasteiger partial charge on any atom is -0.497 e. The molecule has 4 atom stereocenters. The SMILES string of the molecule is COc1cccc(C(=O)Nc2ccc(NC(=O)[C@H]3[C@@H](C(=O)O)[C@H]4C=C[C@@H]3C4)cc2)c1. The number of benzene rings is 2. The lowest BCUT2D eigenvalue weighted by Gasteiger charge is -2.23. The van der Waals surface area contributed by atoms with Gasteiger partial charge in [-0.1, -0.05) is 18.2 Å². The molecule has 3 N–H and O–H groups in total. The Morgan fingerprint density at radius 2 is 1.57 bits per heavy atom. The lowest BCUT2D eigenvalue weighted by Crippen LogP contribution is -2.36. The second-order valence-corrected chi connectivity index (χ2v) is 7.59. The van der Waals surface area contributed by atoms with Gasteiger partial charge in [-0.05, 0) is 60.7 Å². The van der Waals surface area contributed by atoms with Crippen LogP contribution in [0.5, 0.6) is 5.75 Å². The van der Waals surface area contributed by atoms with Crippen LogP contribution < -0.4 is 15.4 Å². The van der Waals surface area contributed by atoms with Gasteiger partial charge in [-0.25, -0.2) is 0 Å². The van der Waals surface area contributed by atoms with Crippen molar-refractivity contribution in [2.24, 2.45) is 23.7 Å². The molecule has 2 bridgehead atoms. The molecule has 2 aromatic rings. The fraction of sp³-hybridized carbons (Fsp3) is 0.261. The molecule has 7 nitrogen and oxygen atoms in total. The van der Waals surface area contributed by atoms with Crippen LogP contribution in [0, 0.1) is 23.7 Å². The first kappa shape index (κ1) is 19.7. The molecule has 0 unspecified atom stereocenters. The number of carboxylic acids is 1. The number of allylic oxidation sites excluding steroid dienone is 2. The van der Waals surface area contributed by atoms with Crippen molar-refractivity contribution in [3.63, 3.8) is 0 Å². The summed E-state index contributed by atoms with van der Waals surface area (Å²) in [5.41, 5.74) is 1.60. The van der Waals surface area contributed by atoms with Crippen molar-refractivity contribution >= 4 is 29.2 Å². The quantitative estimate of drug-likeness (QED) is 0.638. The van der Waals surface area contributed by atoms with E-state index in [-0.39, 0.29) is 23.7 Å². The van der Waals surface area contributed by atoms with E-state index < -0.39 is 17.8 Å². The van der Waals surface area contributed by atoms with Crippen LogP contribution in [-0.4, -0.2) is 30.0 Å². The monoisotopic (exact) mass is 406 g/mol. The van der Waals surface area contributed by atoms with Crippen LogP contribution in [0.1, 0.15) is 16.8 Å². The van der Waals surface area contributed by atoms with E-state index in [1.165, 1.54) is 7.11 Å². The van der Waals surface area contributed by atoms with Crippen LogP contribution in [-0.2, 0) is 9.59 Å². The lowest BCUT2D eigenvalue weighted by atomic mass is 9.82. The number of hydrogen-bond acceptors (Lipinski definition) is 4. The predicted octanol–water partition coefficient (Wildman–Crippen LogP) is 3.41. The fourth-order valence-corrected chi connectivity index (χ4v) is 4.35. The number of ether oxygens (including phenoxy) is 1. The van der Waals surface area contributed by atoms with E-state index in [2.05, 4.69) is 10.6 Å². The number of aliphatic carboxylic acids is 1. The van der Waals surface area contributed by atoms with Crippen molar-refractivity contribution < 1.29 is 24.2 Å². The molecule has 0 saturated heterocycles. The molecule has 30 heavy (non-hydrogen) atoms. The van der Waals surface area contributed by atoms with Gasteiger partial charge in [-0.2, -0.15) is 0 Å². The van der Waals surface area contributed by atoms with Crippen LogP contribution >= 0.6 is 0 Å². The third-order valence-corrected chi connectivity index (χ3v) is 5.79. The standard InChI is InChI=1S/C23H22N2O5/c1-30-18-4-2-3-15(12-18)21(26)24-16-7-9-17(10-8-16)25-22(27)19-13-5-6-14(11-13)20(19)23(28)29/h2-10,12-14,19-20H,11H2,1H3,(H,24,26)(H,25,27)(H,28,29)/t13-,14+,19-,20+/m1/s1. The Morgan fingerprint density at radius 3 is 2.20 bits per heavy atom. The summed E-state index contributed by atoms with van der Waals surface area (Å²) in [5.74, 6) is -2.24. The van der Waals surface area contributed by atoms with Crippen molar-refractivity contribution in [3.8, 4) is 5.75 Å². The Kier molecular flexibility index (Phi) is 5.27. The molecule has 0 aromatic heterocycles. The summed E-state index contributed by atoms with van der Waals surface area (Å²) in [6.45, 7) is 0. The maximum Gasteiger partial charge on any atom is 0.307 e. The first-order chi connectivity index (χ1) is 14.5. The zero-order chi connectivity index (χ0) is 21.3. The van der Waals surface area contributed by atoms with Crippen LogP contribution in [0.2, 0.25) is 0 Å². The Labute approximate surface area is 173 Å². The number of fused-ring (bicyclic) bond motifs is 2. The van der Waals surface area contributed by atoms with Crippen molar-refractivity contribution in [2.45, 2.75) is 6.42 Å². The van der Waals surface area contributed by atoms with Crippen LogP contribution in [0.3, 0.4) is 0 Å². The zero-order valence-corrected chi connectivity index (χ0v) is 16.4. The summed E-state index contributed by atoms with van der Waals surface area (Å²) < 4.78 is 5.13. The first-order valence-corrected chi connectivity index (χ1v) is 9.73. The largest absolute Gasteiger partial charge is 0.497 e. The number of methoxy groups -OCH3 is 1. The summed E-state index contributed by atoms with van der Waals surface area (Å²) in [6, 6.07) is 13.6. The highest BCUT2D eigenvalue weighted by Crippen LogP contribution is 2.48. The summed E-state index contributed by atoms with van der Waals surface area (Å²) in [5, 5.41) is 15.1. The number of carbonyl (C=O) groups excluding carboxylic acids is 2. The maximum atomic E-state index is 12.7. The van der Waals surface area contributed by atoms with Gasteiger partial charge in [-0.15, -0.1) is 0 Å². The van der Waals surface area contributed by atoms with E-state index in [9.17, 15) is 19.5 Å². The Morgan fingerprint density at radius 1 is 0.933 bits per heavy atom. The molecule has 1 saturated carbocycles. The number of nitrogens with one attached hydrogen (secondary N) is 2. The molecule has 4 rings (SSSR count). The second kappa shape index (κ2) is 8.02. The average Bonchev–Trinajstić information content (AvgIpc) is 3.37. The molecule has 7 heteroatoms. The Balaban J connectivity index is 1.40. The third-order valence-electron chi connectivity index (χ3n) is 5.79. The van der Waals surface area contributed by atoms with E-state index in [4.69, 9.17) is 4.74 Å². The Hall–Kier alpha value is -3.61. The van der Waals surface area contributed by atoms with Crippen molar-refractivity contribution in [3.05, 3.63) is 66.2 Å². The van der Waals surface area contributed by atoms with Gasteiger partial charge >= 0.3 is 5.97 Å². The molecule has 154 valence electrons. The van der Waals surface area contributed by atoms with Crippen LogP contribution in [0.15, 0.2) is 60.7 Å². The highest BCUT2D eigenvalue weighted by atomic mass is 16.5. The second-order valence-electron chi connectivity index (χ2n) is 7.59. The Bertz CT molecular complexity index is 1010. The predicted molar refractivity (Wildman–Crippen MR) is 111 cm³/mol. The number of carboxylic acid groups (broad SMARTS) is 1. The first-order valence-electron chi connectivity index (χ1n) is 9.73. The van der Waals surface area contributed by atoms with Crippen molar-refractivity contribution in [1.29, 1.82) is 0 Å². The number of carbonyl (C=O) groups is 3. The van der Waals surface area contributed by atoms with Gasteiger partial charge in [0.2, 0.25) is 5.91 Å². The van der Waals surface area contributed by atoms with Crippen LogP contribution in [0.4, 0.5) is 11.4 Å². The average molecular weight is 406 g/mol. The molecule has 2 aromatic carbocycles. The van der Waals surface area contributed by atoms with E-state index in [0.29, 0.717) is 29.1 Å². The summed E-state index contributed by atoms with van der Waals surface area (Å²) in [7, 11) is 1.54. The number of hydrogen-bond donors (Lipinski definition) is 3. The topological polar surface area (TPSA) is 105 Å². The van der Waals surface area contributed by atoms with E-state index >= 15 is 0 Å². The summed E-state index contributed by atoms with van der Waals surface area (Å²) in [4.78, 5) is 36.7. The van der Waals surface area contributed by atoms with Gasteiger partial charge < -0.3 is 20.5 Å². The summed E-state index contributed by atoms with van der Waals surface area (Å²) >= 11 is 0. The smallest absolute Gasteiger partial charge is 0.307 e. The van der Waals surface area contributed by atoms with Gasteiger partial charge in [0.1, 0.15) is 5.75 Å². The fourth-order valence-electron chi connectivity index (χ4n) is 4.35. The molecule has 0 spiro atoms. The normalized spacial score (nSPS) is 23.8. The molecular formula is C23H22N2O5. The molecule has 2 aliphatic rings. The van der Waals surface area contributed by atoms with E-state index in [1.54, 1.807) is 48.5 Å². The van der Waals surface area contributed by atoms with Gasteiger partial charge in [0.25, 0.3) is 5.91 Å². The van der Waals surface area contributed by atoms with Gasteiger partial charge in [0.05, 0.1) is 18.9 Å². The zero-order valence-electron chi connectivity index (χ0n) is 16.4. The molecular weight excluding hydrogens is 384 g/mol. The molecule has 1 fully saturated rings. The number of anilines is 2. The van der Waals surface area contributed by atoms with Crippen molar-refractivity contribution in [1.82, 2.24) is 0 Å². The molecule has 0 aliphatic heterocycles. The van der Waals surface area contributed by atoms with E-state index in [0.717, 1.165) is 0 Å². The molecule has 2 amide bonds. The summed E-state index contributed by atoms with van der Waals surface area (Å²) in [6.07, 6.45) is 4.57. The highest BCUT2D eigenvalue weighted by Gasteiger charge is 2.51. The number of rotatable bonds is 6. The number of amides is 2. The minimum absolute atomic E-state index is 0.0301. The molecule has 2 aliphatic carbocycles. The molecule has 0 heterocycles. The van der Waals surface area contributed by atoms with Gasteiger partial charge in [-0.3, -0.25) is 14.4 Å². The van der Waals surface area contributed by atoms with Crippen LogP contribution in [0.25, 0.3) is 0 Å². The van der Waals surface area contributed by atoms with Gasteiger partial charge in [0, 0.05) is 16.9 Å².